The fraction of sp³-hybridized carbons (Fsp3) is 0.917. The molecule has 0 aromatic rings. The fourth-order valence-corrected chi connectivity index (χ4v) is 1.71. The molecule has 0 spiro atoms. The summed E-state index contributed by atoms with van der Waals surface area (Å²) in [5, 5.41) is 0. The Morgan fingerprint density at radius 1 is 1.07 bits per heavy atom. The van der Waals surface area contributed by atoms with Gasteiger partial charge in [0.1, 0.15) is 0 Å². The van der Waals surface area contributed by atoms with Crippen molar-refractivity contribution >= 4 is 5.97 Å². The lowest BCUT2D eigenvalue weighted by molar-refractivity contribution is -0.146. The highest BCUT2D eigenvalue weighted by Gasteiger charge is 2.16. The molecule has 0 aromatic carbocycles. The highest BCUT2D eigenvalue weighted by molar-refractivity contribution is 5.72. The minimum atomic E-state index is -0.0247. The molecular formula is C12H24O2. The van der Waals surface area contributed by atoms with E-state index in [1.807, 2.05) is 0 Å². The molecule has 0 N–H and O–H groups in total. The lowest BCUT2D eigenvalue weighted by Gasteiger charge is -2.12. The van der Waals surface area contributed by atoms with Crippen LogP contribution in [-0.4, -0.2) is 13.1 Å². The molecule has 0 rings (SSSR count). The number of rotatable bonds is 8. The van der Waals surface area contributed by atoms with Gasteiger partial charge in [-0.3, -0.25) is 4.79 Å². The van der Waals surface area contributed by atoms with E-state index >= 15 is 0 Å². The number of carbonyl (C=O) groups excluding carboxylic acids is 1. The van der Waals surface area contributed by atoms with E-state index in [0.29, 0.717) is 0 Å². The number of ether oxygens (including phenoxy) is 1. The van der Waals surface area contributed by atoms with E-state index < -0.39 is 0 Å². The van der Waals surface area contributed by atoms with E-state index in [1.165, 1.54) is 26.4 Å². The molecule has 0 aromatic heterocycles. The molecule has 0 fully saturated rings. The lowest BCUT2D eigenvalue weighted by atomic mass is 9.96. The van der Waals surface area contributed by atoms with Crippen molar-refractivity contribution in [2.75, 3.05) is 7.11 Å². The third-order valence-electron chi connectivity index (χ3n) is 2.58. The summed E-state index contributed by atoms with van der Waals surface area (Å²) < 4.78 is 4.78. The maximum atomic E-state index is 11.3. The van der Waals surface area contributed by atoms with E-state index in [9.17, 15) is 4.79 Å². The van der Waals surface area contributed by atoms with Crippen molar-refractivity contribution in [1.29, 1.82) is 0 Å². The van der Waals surface area contributed by atoms with Crippen LogP contribution in [0.3, 0.4) is 0 Å². The summed E-state index contributed by atoms with van der Waals surface area (Å²) in [6.07, 6.45) is 7.96. The molecule has 0 aliphatic carbocycles. The topological polar surface area (TPSA) is 26.3 Å². The van der Waals surface area contributed by atoms with Crippen LogP contribution in [-0.2, 0) is 9.53 Å². The van der Waals surface area contributed by atoms with Crippen LogP contribution in [0.5, 0.6) is 0 Å². The van der Waals surface area contributed by atoms with Gasteiger partial charge in [0.05, 0.1) is 13.0 Å². The monoisotopic (exact) mass is 200 g/mol. The van der Waals surface area contributed by atoms with Gasteiger partial charge in [0.2, 0.25) is 0 Å². The van der Waals surface area contributed by atoms with Crippen LogP contribution in [0, 0.1) is 5.92 Å². The Balaban J connectivity index is 3.67. The van der Waals surface area contributed by atoms with Crippen LogP contribution >= 0.6 is 0 Å². The second-order valence-corrected chi connectivity index (χ2v) is 3.86. The number of hydrogen-bond acceptors (Lipinski definition) is 2. The normalized spacial score (nSPS) is 12.5. The first-order chi connectivity index (χ1) is 6.76. The van der Waals surface area contributed by atoms with Crippen molar-refractivity contribution in [3.8, 4) is 0 Å². The van der Waals surface area contributed by atoms with Crippen molar-refractivity contribution < 1.29 is 9.53 Å². The Hall–Kier alpha value is -0.530. The first kappa shape index (κ1) is 13.5. The Morgan fingerprint density at radius 2 is 1.79 bits per heavy atom. The van der Waals surface area contributed by atoms with Gasteiger partial charge in [-0.25, -0.2) is 0 Å². The molecule has 2 heteroatoms. The standard InChI is InChI=1S/C12H24O2/c1-4-6-7-8-10-11(9-5-2)12(13)14-3/h11H,4-10H2,1-3H3/t11-/m0/s1. The molecular weight excluding hydrogens is 176 g/mol. The summed E-state index contributed by atoms with van der Waals surface area (Å²) in [6, 6.07) is 0. The van der Waals surface area contributed by atoms with Crippen LogP contribution in [0.4, 0.5) is 0 Å². The molecule has 0 radical (unpaired) electrons. The van der Waals surface area contributed by atoms with Gasteiger partial charge < -0.3 is 4.74 Å². The third-order valence-corrected chi connectivity index (χ3v) is 2.58. The number of carbonyl (C=O) groups is 1. The molecule has 0 bridgehead atoms. The van der Waals surface area contributed by atoms with Gasteiger partial charge in [-0.05, 0) is 12.8 Å². The van der Waals surface area contributed by atoms with E-state index in [1.54, 1.807) is 0 Å². The SMILES string of the molecule is CCCCCC[C@H](CCC)C(=O)OC. The molecule has 0 aliphatic heterocycles. The summed E-state index contributed by atoms with van der Waals surface area (Å²) in [7, 11) is 1.48. The molecule has 14 heavy (non-hydrogen) atoms. The smallest absolute Gasteiger partial charge is 0.308 e. The maximum absolute atomic E-state index is 11.3. The number of esters is 1. The lowest BCUT2D eigenvalue weighted by Crippen LogP contribution is -2.15. The van der Waals surface area contributed by atoms with E-state index in [-0.39, 0.29) is 11.9 Å². The van der Waals surface area contributed by atoms with E-state index in [4.69, 9.17) is 4.74 Å². The molecule has 0 saturated carbocycles. The Bertz CT molecular complexity index is 143. The van der Waals surface area contributed by atoms with Gasteiger partial charge >= 0.3 is 5.97 Å². The van der Waals surface area contributed by atoms with Gasteiger partial charge in [0.15, 0.2) is 0 Å². The van der Waals surface area contributed by atoms with Crippen molar-refractivity contribution in [2.45, 2.75) is 58.8 Å². The summed E-state index contributed by atoms with van der Waals surface area (Å²) in [6.45, 7) is 4.31. The predicted octanol–water partition coefficient (Wildman–Crippen LogP) is 3.55. The third kappa shape index (κ3) is 6.01. The second-order valence-electron chi connectivity index (χ2n) is 3.86. The molecule has 0 aliphatic rings. The average Bonchev–Trinajstić information content (AvgIpc) is 2.21. The first-order valence-electron chi connectivity index (χ1n) is 5.84. The highest BCUT2D eigenvalue weighted by Crippen LogP contribution is 2.17. The maximum Gasteiger partial charge on any atom is 0.308 e. The van der Waals surface area contributed by atoms with Gasteiger partial charge in [-0.1, -0.05) is 46.0 Å². The molecule has 1 atom stereocenters. The zero-order chi connectivity index (χ0) is 10.8. The largest absolute Gasteiger partial charge is 0.469 e. The summed E-state index contributed by atoms with van der Waals surface area (Å²) >= 11 is 0. The summed E-state index contributed by atoms with van der Waals surface area (Å²) in [5.74, 6) is 0.116. The second kappa shape index (κ2) is 9.04. The summed E-state index contributed by atoms with van der Waals surface area (Å²) in [5.41, 5.74) is 0. The molecule has 84 valence electrons. The van der Waals surface area contributed by atoms with Crippen molar-refractivity contribution in [3.63, 3.8) is 0 Å². The van der Waals surface area contributed by atoms with Crippen LogP contribution in [0.15, 0.2) is 0 Å². The molecule has 0 unspecified atom stereocenters. The van der Waals surface area contributed by atoms with Crippen molar-refractivity contribution in [3.05, 3.63) is 0 Å². The predicted molar refractivity (Wildman–Crippen MR) is 59.2 cm³/mol. The van der Waals surface area contributed by atoms with Crippen molar-refractivity contribution in [1.82, 2.24) is 0 Å². The minimum Gasteiger partial charge on any atom is -0.469 e. The van der Waals surface area contributed by atoms with E-state index in [0.717, 1.165) is 25.7 Å². The van der Waals surface area contributed by atoms with E-state index in [2.05, 4.69) is 13.8 Å². The van der Waals surface area contributed by atoms with Gasteiger partial charge in [0.25, 0.3) is 0 Å². The molecule has 0 heterocycles. The van der Waals surface area contributed by atoms with Crippen LogP contribution < -0.4 is 0 Å². The average molecular weight is 200 g/mol. The quantitative estimate of drug-likeness (QED) is 0.442. The van der Waals surface area contributed by atoms with Crippen LogP contribution in [0.2, 0.25) is 0 Å². The highest BCUT2D eigenvalue weighted by atomic mass is 16.5. The summed E-state index contributed by atoms with van der Waals surface area (Å²) in [4.78, 5) is 11.3. The van der Waals surface area contributed by atoms with Crippen molar-refractivity contribution in [2.24, 2.45) is 5.92 Å². The Morgan fingerprint density at radius 3 is 2.29 bits per heavy atom. The van der Waals surface area contributed by atoms with Crippen LogP contribution in [0.1, 0.15) is 58.8 Å². The minimum absolute atomic E-state index is 0.0247. The van der Waals surface area contributed by atoms with Crippen LogP contribution in [0.25, 0.3) is 0 Å². The van der Waals surface area contributed by atoms with Gasteiger partial charge in [0, 0.05) is 0 Å². The molecule has 2 nitrogen and oxygen atoms in total. The number of unbranched alkanes of at least 4 members (excludes halogenated alkanes) is 3. The molecule has 0 amide bonds. The fourth-order valence-electron chi connectivity index (χ4n) is 1.71. The molecule has 0 saturated heterocycles. The number of hydrogen-bond donors (Lipinski definition) is 0. The zero-order valence-corrected chi connectivity index (χ0v) is 9.84. The van der Waals surface area contributed by atoms with Gasteiger partial charge in [-0.15, -0.1) is 0 Å². The van der Waals surface area contributed by atoms with Gasteiger partial charge in [-0.2, -0.15) is 0 Å². The number of methoxy groups -OCH3 is 1. The zero-order valence-electron chi connectivity index (χ0n) is 9.84. The Labute approximate surface area is 88.0 Å². The first-order valence-corrected chi connectivity index (χ1v) is 5.84. The Kier molecular flexibility index (Phi) is 8.70.